The van der Waals surface area contributed by atoms with Crippen molar-refractivity contribution in [3.05, 3.63) is 34.3 Å². The minimum atomic E-state index is -4.43. The molecule has 6 nitrogen and oxygen atoms in total. The first-order valence-corrected chi connectivity index (χ1v) is 7.26. The average molecular weight is 363 g/mol. The predicted molar refractivity (Wildman–Crippen MR) is 81.3 cm³/mol. The molecule has 2 amide bonds. The van der Waals surface area contributed by atoms with Crippen LogP contribution in [0.15, 0.2) is 23.2 Å². The summed E-state index contributed by atoms with van der Waals surface area (Å²) in [5.74, 6) is -1.80. The average Bonchev–Trinajstić information content (AvgIpc) is 2.67. The van der Waals surface area contributed by atoms with Gasteiger partial charge in [0.05, 0.1) is 18.9 Å². The Balaban J connectivity index is 2.32. The van der Waals surface area contributed by atoms with E-state index in [-0.39, 0.29) is 17.0 Å². The van der Waals surface area contributed by atoms with Gasteiger partial charge in [0.15, 0.2) is 5.96 Å². The summed E-state index contributed by atoms with van der Waals surface area (Å²) in [4.78, 5) is 28.5. The number of hydrogen-bond donors (Lipinski definition) is 2. The van der Waals surface area contributed by atoms with Crippen molar-refractivity contribution in [3.63, 3.8) is 0 Å². The molecule has 0 saturated carbocycles. The van der Waals surface area contributed by atoms with Crippen LogP contribution in [0.25, 0.3) is 0 Å². The summed E-state index contributed by atoms with van der Waals surface area (Å²) in [6.45, 7) is -0.575. The largest absolute Gasteiger partial charge is 0.390 e. The Morgan fingerprint density at radius 3 is 2.58 bits per heavy atom. The van der Waals surface area contributed by atoms with Gasteiger partial charge in [0, 0.05) is 17.1 Å². The number of aliphatic imine (C=N–C) groups is 1. The maximum Gasteiger partial charge on any atom is 0.390 e. The van der Waals surface area contributed by atoms with E-state index in [2.05, 4.69) is 4.99 Å². The van der Waals surface area contributed by atoms with Crippen molar-refractivity contribution >= 4 is 29.4 Å². The Morgan fingerprint density at radius 1 is 1.33 bits per heavy atom. The second-order valence-corrected chi connectivity index (χ2v) is 5.68. The molecular weight excluding hydrogens is 349 g/mol. The van der Waals surface area contributed by atoms with Crippen LogP contribution in [0.5, 0.6) is 0 Å². The lowest BCUT2D eigenvalue weighted by molar-refractivity contribution is -0.137. The Morgan fingerprint density at radius 2 is 2.00 bits per heavy atom. The zero-order valence-electron chi connectivity index (χ0n) is 12.3. The van der Waals surface area contributed by atoms with Gasteiger partial charge in [-0.2, -0.15) is 18.2 Å². The summed E-state index contributed by atoms with van der Waals surface area (Å²) in [6, 6.07) is 3.50. The second-order valence-electron chi connectivity index (χ2n) is 5.25. The molecule has 0 spiro atoms. The summed E-state index contributed by atoms with van der Waals surface area (Å²) in [5.41, 5.74) is 10.8. The van der Waals surface area contributed by atoms with Gasteiger partial charge < -0.3 is 16.4 Å². The quantitative estimate of drug-likeness (QED) is 0.631. The maximum atomic E-state index is 12.5. The molecule has 24 heavy (non-hydrogen) atoms. The number of nitrogens with zero attached hydrogens (tertiary/aromatic N) is 2. The standard InChI is InChI=1S/C14H14ClF3N4O2/c15-7-1-2-8-9(5-7)12(24)22(4-3-14(16,17)18)10(8)6-11(23)21-13(19)20/h1-2,5,10H,3-4,6H2,(H4,19,20,21,23)/t10-/m1/s1. The van der Waals surface area contributed by atoms with Gasteiger partial charge >= 0.3 is 6.18 Å². The third-order valence-electron chi connectivity index (χ3n) is 3.50. The summed E-state index contributed by atoms with van der Waals surface area (Å²) < 4.78 is 37.5. The first-order valence-electron chi connectivity index (χ1n) is 6.88. The van der Waals surface area contributed by atoms with Gasteiger partial charge in [-0.25, -0.2) is 0 Å². The molecule has 10 heteroatoms. The molecule has 1 atom stereocenters. The van der Waals surface area contributed by atoms with Crippen LogP contribution < -0.4 is 11.5 Å². The Bertz CT molecular complexity index is 702. The van der Waals surface area contributed by atoms with Crippen LogP contribution in [0.4, 0.5) is 13.2 Å². The molecule has 1 aliphatic heterocycles. The predicted octanol–water partition coefficient (Wildman–Crippen LogP) is 1.98. The van der Waals surface area contributed by atoms with Crippen molar-refractivity contribution in [3.8, 4) is 0 Å². The molecule has 1 aromatic rings. The summed E-state index contributed by atoms with van der Waals surface area (Å²) in [5, 5.41) is 0.272. The monoisotopic (exact) mass is 362 g/mol. The highest BCUT2D eigenvalue weighted by atomic mass is 35.5. The van der Waals surface area contributed by atoms with Gasteiger partial charge in [-0.1, -0.05) is 17.7 Å². The molecule has 1 aliphatic rings. The first-order chi connectivity index (χ1) is 11.1. The minimum absolute atomic E-state index is 0.173. The van der Waals surface area contributed by atoms with Crippen LogP contribution in [0.3, 0.4) is 0 Å². The molecule has 2 rings (SSSR count). The zero-order chi connectivity index (χ0) is 18.1. The normalized spacial score (nSPS) is 16.9. The lowest BCUT2D eigenvalue weighted by Crippen LogP contribution is -2.33. The fourth-order valence-corrected chi connectivity index (χ4v) is 2.72. The molecule has 0 bridgehead atoms. The Labute approximate surface area is 140 Å². The number of amides is 2. The minimum Gasteiger partial charge on any atom is -0.370 e. The second kappa shape index (κ2) is 6.68. The van der Waals surface area contributed by atoms with E-state index in [1.165, 1.54) is 18.2 Å². The molecule has 0 aromatic heterocycles. The summed E-state index contributed by atoms with van der Waals surface area (Å²) >= 11 is 5.84. The number of benzene rings is 1. The molecule has 0 saturated heterocycles. The smallest absolute Gasteiger partial charge is 0.370 e. The Kier molecular flexibility index (Phi) is 5.02. The van der Waals surface area contributed by atoms with E-state index < -0.39 is 43.0 Å². The van der Waals surface area contributed by atoms with E-state index in [0.717, 1.165) is 4.90 Å². The zero-order valence-corrected chi connectivity index (χ0v) is 13.1. The molecule has 0 unspecified atom stereocenters. The number of fused-ring (bicyclic) bond motifs is 1. The topological polar surface area (TPSA) is 102 Å². The molecule has 0 fully saturated rings. The van der Waals surface area contributed by atoms with Crippen LogP contribution in [-0.4, -0.2) is 35.4 Å². The maximum absolute atomic E-state index is 12.5. The Hall–Kier alpha value is -2.29. The van der Waals surface area contributed by atoms with Crippen LogP contribution in [0.1, 0.15) is 34.8 Å². The molecular formula is C14H14ClF3N4O2. The molecule has 4 N–H and O–H groups in total. The van der Waals surface area contributed by atoms with Crippen LogP contribution >= 0.6 is 11.6 Å². The van der Waals surface area contributed by atoms with E-state index in [1.54, 1.807) is 0 Å². The number of alkyl halides is 3. The van der Waals surface area contributed by atoms with Crippen molar-refractivity contribution in [1.82, 2.24) is 4.90 Å². The van der Waals surface area contributed by atoms with E-state index >= 15 is 0 Å². The van der Waals surface area contributed by atoms with Gasteiger partial charge in [0.1, 0.15) is 0 Å². The third kappa shape index (κ3) is 4.16. The number of rotatable bonds is 4. The third-order valence-corrected chi connectivity index (χ3v) is 3.73. The van der Waals surface area contributed by atoms with Crippen molar-refractivity contribution in [1.29, 1.82) is 0 Å². The number of hydrogen-bond acceptors (Lipinski definition) is 2. The number of nitrogens with two attached hydrogens (primary N) is 2. The van der Waals surface area contributed by atoms with Crippen molar-refractivity contribution < 1.29 is 22.8 Å². The van der Waals surface area contributed by atoms with Crippen molar-refractivity contribution in [2.24, 2.45) is 16.5 Å². The van der Waals surface area contributed by atoms with Crippen molar-refractivity contribution in [2.45, 2.75) is 25.1 Å². The van der Waals surface area contributed by atoms with Gasteiger partial charge in [-0.05, 0) is 17.7 Å². The molecule has 130 valence electrons. The highest BCUT2D eigenvalue weighted by molar-refractivity contribution is 6.31. The van der Waals surface area contributed by atoms with E-state index in [1.807, 2.05) is 0 Å². The number of carbonyl (C=O) groups excluding carboxylic acids is 2. The van der Waals surface area contributed by atoms with E-state index in [4.69, 9.17) is 23.1 Å². The molecule has 0 aliphatic carbocycles. The van der Waals surface area contributed by atoms with Crippen LogP contribution in [0, 0.1) is 0 Å². The first kappa shape index (κ1) is 18.1. The van der Waals surface area contributed by atoms with Crippen LogP contribution in [-0.2, 0) is 4.79 Å². The summed E-state index contributed by atoms with van der Waals surface area (Å²) in [7, 11) is 0. The highest BCUT2D eigenvalue weighted by Gasteiger charge is 2.40. The molecule has 0 radical (unpaired) electrons. The van der Waals surface area contributed by atoms with Crippen molar-refractivity contribution in [2.75, 3.05) is 6.54 Å². The fraction of sp³-hybridized carbons (Fsp3) is 0.357. The highest BCUT2D eigenvalue weighted by Crippen LogP contribution is 2.38. The van der Waals surface area contributed by atoms with Gasteiger partial charge in [0.2, 0.25) is 0 Å². The van der Waals surface area contributed by atoms with Gasteiger partial charge in [-0.3, -0.25) is 9.59 Å². The number of carbonyl (C=O) groups is 2. The molecule has 1 heterocycles. The van der Waals surface area contributed by atoms with Crippen LogP contribution in [0.2, 0.25) is 5.02 Å². The number of guanidine groups is 1. The molecule has 1 aromatic carbocycles. The lowest BCUT2D eigenvalue weighted by Gasteiger charge is -2.25. The lowest BCUT2D eigenvalue weighted by atomic mass is 10.0. The van der Waals surface area contributed by atoms with Gasteiger partial charge in [0.25, 0.3) is 11.8 Å². The fourth-order valence-electron chi connectivity index (χ4n) is 2.55. The van der Waals surface area contributed by atoms with Gasteiger partial charge in [-0.15, -0.1) is 0 Å². The van der Waals surface area contributed by atoms with E-state index in [0.29, 0.717) is 5.56 Å². The summed E-state index contributed by atoms with van der Waals surface area (Å²) in [6.07, 6.45) is -5.94. The number of halogens is 4. The van der Waals surface area contributed by atoms with E-state index in [9.17, 15) is 22.8 Å². The SMILES string of the molecule is NC(N)=NC(=O)C[C@@H]1c2ccc(Cl)cc2C(=O)N1CCC(F)(F)F.